The number of carbonyl (C=O) groups excluding carboxylic acids is 1. The van der Waals surface area contributed by atoms with Gasteiger partial charge in [-0.3, -0.25) is 4.79 Å². The van der Waals surface area contributed by atoms with Crippen LogP contribution >= 0.6 is 11.3 Å². The zero-order valence-corrected chi connectivity index (χ0v) is 17.9. The lowest BCUT2D eigenvalue weighted by atomic mass is 9.89. The van der Waals surface area contributed by atoms with Crippen molar-refractivity contribution >= 4 is 32.2 Å². The van der Waals surface area contributed by atoms with Crippen LogP contribution in [0, 0.1) is 6.92 Å². The van der Waals surface area contributed by atoms with Crippen LogP contribution in [0.3, 0.4) is 0 Å². The molecule has 0 radical (unpaired) electrons. The minimum Gasteiger partial charge on any atom is -0.302 e. The van der Waals surface area contributed by atoms with Gasteiger partial charge >= 0.3 is 0 Å². The van der Waals surface area contributed by atoms with Crippen molar-refractivity contribution in [2.24, 2.45) is 0 Å². The minimum absolute atomic E-state index is 0.148. The number of hydrogen-bond acceptors (Lipinski definition) is 5. The Hall–Kier alpha value is -2.51. The van der Waals surface area contributed by atoms with Crippen LogP contribution in [-0.4, -0.2) is 19.3 Å². The summed E-state index contributed by atoms with van der Waals surface area (Å²) in [6.45, 7) is 3.38. The van der Waals surface area contributed by atoms with Crippen molar-refractivity contribution in [2.45, 2.75) is 43.3 Å². The summed E-state index contributed by atoms with van der Waals surface area (Å²) in [5.41, 5.74) is 3.83. The van der Waals surface area contributed by atoms with Gasteiger partial charge in [0, 0.05) is 6.92 Å². The van der Waals surface area contributed by atoms with Crippen LogP contribution in [0.15, 0.2) is 53.4 Å². The number of sulfone groups is 1. The Labute approximate surface area is 174 Å². The van der Waals surface area contributed by atoms with Gasteiger partial charge in [0.05, 0.1) is 20.7 Å². The number of nitrogens with one attached hydrogen (secondary N) is 1. The molecule has 1 N–H and O–H groups in total. The number of amides is 1. The summed E-state index contributed by atoms with van der Waals surface area (Å²) in [6.07, 6.45) is 2.34. The molecule has 0 bridgehead atoms. The van der Waals surface area contributed by atoms with Crippen LogP contribution in [0.2, 0.25) is 0 Å². The molecule has 1 amide bonds. The first kappa shape index (κ1) is 19.8. The fraction of sp³-hybridized carbons (Fsp3) is 0.273. The van der Waals surface area contributed by atoms with Crippen LogP contribution in [0.5, 0.6) is 0 Å². The van der Waals surface area contributed by atoms with Crippen molar-refractivity contribution < 1.29 is 13.2 Å². The molecule has 150 valence electrons. The van der Waals surface area contributed by atoms with Gasteiger partial charge in [-0.05, 0) is 61.1 Å². The molecule has 7 heteroatoms. The van der Waals surface area contributed by atoms with Crippen molar-refractivity contribution in [1.82, 2.24) is 4.98 Å². The van der Waals surface area contributed by atoms with Crippen molar-refractivity contribution in [3.05, 3.63) is 65.4 Å². The molecule has 5 nitrogen and oxygen atoms in total. The highest BCUT2D eigenvalue weighted by Crippen LogP contribution is 2.41. The van der Waals surface area contributed by atoms with Crippen molar-refractivity contribution in [1.29, 1.82) is 0 Å². The lowest BCUT2D eigenvalue weighted by Crippen LogP contribution is -2.19. The Morgan fingerprint density at radius 1 is 1.17 bits per heavy atom. The number of fused-ring (bicyclic) bond motifs is 1. The van der Waals surface area contributed by atoms with Crippen LogP contribution in [0.25, 0.3) is 10.4 Å². The Morgan fingerprint density at radius 3 is 2.66 bits per heavy atom. The summed E-state index contributed by atoms with van der Waals surface area (Å²) >= 11 is 1.43. The maximum Gasteiger partial charge on any atom is 0.223 e. The fourth-order valence-corrected chi connectivity index (χ4v) is 6.79. The molecule has 1 aliphatic carbocycles. The van der Waals surface area contributed by atoms with Crippen LogP contribution in [-0.2, 0) is 21.1 Å². The third kappa shape index (κ3) is 3.84. The van der Waals surface area contributed by atoms with Crippen molar-refractivity contribution in [3.8, 4) is 10.4 Å². The molecule has 0 spiro atoms. The highest BCUT2D eigenvalue weighted by Gasteiger charge is 2.33. The predicted octanol–water partition coefficient (Wildman–Crippen LogP) is 4.93. The number of benzene rings is 2. The second-order valence-electron chi connectivity index (χ2n) is 7.27. The Morgan fingerprint density at radius 2 is 1.93 bits per heavy atom. The van der Waals surface area contributed by atoms with E-state index < -0.39 is 15.1 Å². The van der Waals surface area contributed by atoms with Gasteiger partial charge in [-0.15, -0.1) is 0 Å². The molecule has 3 aromatic rings. The highest BCUT2D eigenvalue weighted by atomic mass is 32.2. The Bertz CT molecular complexity index is 1170. The smallest absolute Gasteiger partial charge is 0.223 e. The zero-order chi connectivity index (χ0) is 20.6. The Kier molecular flexibility index (Phi) is 5.27. The lowest BCUT2D eigenvalue weighted by molar-refractivity contribution is -0.114. The van der Waals surface area contributed by atoms with E-state index in [4.69, 9.17) is 0 Å². The number of carbonyl (C=O) groups is 1. The van der Waals surface area contributed by atoms with Gasteiger partial charge in [0.1, 0.15) is 0 Å². The van der Waals surface area contributed by atoms with Crippen LogP contribution in [0.4, 0.5) is 5.13 Å². The lowest BCUT2D eigenvalue weighted by Gasteiger charge is -2.26. The van der Waals surface area contributed by atoms with Crippen molar-refractivity contribution in [2.75, 3.05) is 5.32 Å². The molecule has 0 fully saturated rings. The second-order valence-corrected chi connectivity index (χ2v) is 10.4. The summed E-state index contributed by atoms with van der Waals surface area (Å²) in [4.78, 5) is 17.1. The topological polar surface area (TPSA) is 76.1 Å². The molecule has 1 aromatic heterocycles. The number of rotatable bonds is 4. The third-order valence-electron chi connectivity index (χ3n) is 5.19. The first-order valence-electron chi connectivity index (χ1n) is 9.53. The standard InChI is InChI=1S/C22H22N2O3S2/c1-14-21(28-22(23-14)24-15(2)25)17-11-12-19-16(13-17)7-6-10-20(19)29(26,27)18-8-4-3-5-9-18/h3-5,8-9,11-13,20H,6-7,10H2,1-2H3,(H,23,24,25). The largest absolute Gasteiger partial charge is 0.302 e. The molecule has 1 aliphatic rings. The summed E-state index contributed by atoms with van der Waals surface area (Å²) in [6, 6.07) is 14.7. The van der Waals surface area contributed by atoms with E-state index in [1.54, 1.807) is 24.3 Å². The van der Waals surface area contributed by atoms with Gasteiger partial charge in [-0.1, -0.05) is 41.7 Å². The first-order chi connectivity index (χ1) is 13.9. The molecule has 0 saturated heterocycles. The average molecular weight is 427 g/mol. The fourth-order valence-electron chi connectivity index (χ4n) is 3.88. The van der Waals surface area contributed by atoms with E-state index in [1.807, 2.05) is 25.1 Å². The molecular formula is C22H22N2O3S2. The number of anilines is 1. The predicted molar refractivity (Wildman–Crippen MR) is 116 cm³/mol. The highest BCUT2D eigenvalue weighted by molar-refractivity contribution is 7.91. The summed E-state index contributed by atoms with van der Waals surface area (Å²) < 4.78 is 26.4. The quantitative estimate of drug-likeness (QED) is 0.642. The van der Waals surface area contributed by atoms with E-state index in [0.717, 1.165) is 40.1 Å². The summed E-state index contributed by atoms with van der Waals surface area (Å²) in [7, 11) is -3.43. The van der Waals surface area contributed by atoms with E-state index in [9.17, 15) is 13.2 Å². The van der Waals surface area contributed by atoms with Crippen LogP contribution in [0.1, 0.15) is 41.8 Å². The maximum atomic E-state index is 13.2. The van der Waals surface area contributed by atoms with E-state index in [1.165, 1.54) is 18.3 Å². The number of nitrogens with zero attached hydrogens (tertiary/aromatic N) is 1. The molecule has 1 heterocycles. The van der Waals surface area contributed by atoms with Crippen molar-refractivity contribution in [3.63, 3.8) is 0 Å². The molecule has 4 rings (SSSR count). The van der Waals surface area contributed by atoms with Gasteiger partial charge in [0.15, 0.2) is 15.0 Å². The van der Waals surface area contributed by atoms with Gasteiger partial charge in [0.2, 0.25) is 5.91 Å². The minimum atomic E-state index is -3.43. The van der Waals surface area contributed by atoms with Gasteiger partial charge in [0.25, 0.3) is 0 Å². The molecule has 1 atom stereocenters. The summed E-state index contributed by atoms with van der Waals surface area (Å²) in [5, 5.41) is 2.79. The first-order valence-corrected chi connectivity index (χ1v) is 11.9. The maximum absolute atomic E-state index is 13.2. The molecule has 0 aliphatic heterocycles. The normalized spacial score (nSPS) is 16.3. The number of aryl methyl sites for hydroxylation is 2. The third-order valence-corrected chi connectivity index (χ3v) is 8.48. The molecule has 1 unspecified atom stereocenters. The zero-order valence-electron chi connectivity index (χ0n) is 16.3. The monoisotopic (exact) mass is 426 g/mol. The number of hydrogen-bond donors (Lipinski definition) is 1. The summed E-state index contributed by atoms with van der Waals surface area (Å²) in [5.74, 6) is -0.148. The van der Waals surface area contributed by atoms with E-state index in [-0.39, 0.29) is 5.91 Å². The molecule has 2 aromatic carbocycles. The van der Waals surface area contributed by atoms with E-state index in [2.05, 4.69) is 16.4 Å². The Balaban J connectivity index is 1.71. The molecule has 0 saturated carbocycles. The molecule has 29 heavy (non-hydrogen) atoms. The number of thiazole rings is 1. The second kappa shape index (κ2) is 7.72. The van der Waals surface area contributed by atoms with Gasteiger partial charge in [-0.25, -0.2) is 13.4 Å². The van der Waals surface area contributed by atoms with Gasteiger partial charge < -0.3 is 5.32 Å². The van der Waals surface area contributed by atoms with Crippen LogP contribution < -0.4 is 5.32 Å². The average Bonchev–Trinajstić information content (AvgIpc) is 3.07. The number of aromatic nitrogens is 1. The van der Waals surface area contributed by atoms with E-state index >= 15 is 0 Å². The SMILES string of the molecule is CC(=O)Nc1nc(C)c(-c2ccc3c(c2)CCCC3S(=O)(=O)c2ccccc2)s1. The molecular weight excluding hydrogens is 404 g/mol. The van der Waals surface area contributed by atoms with Gasteiger partial charge in [-0.2, -0.15) is 0 Å². The van der Waals surface area contributed by atoms with E-state index in [0.29, 0.717) is 16.4 Å².